The van der Waals surface area contributed by atoms with E-state index in [1.54, 1.807) is 5.56 Å². The first-order valence-corrected chi connectivity index (χ1v) is 18.0. The van der Waals surface area contributed by atoms with Crippen LogP contribution in [0.3, 0.4) is 0 Å². The van der Waals surface area contributed by atoms with Crippen LogP contribution in [0.2, 0.25) is 0 Å². The van der Waals surface area contributed by atoms with Crippen LogP contribution in [0.1, 0.15) is 48.4 Å². The van der Waals surface area contributed by atoms with Crippen molar-refractivity contribution in [3.05, 3.63) is 144 Å². The van der Waals surface area contributed by atoms with Gasteiger partial charge in [-0.25, -0.2) is 0 Å². The molecule has 42 heavy (non-hydrogen) atoms. The molecular weight excluding hydrogens is 542 g/mol. The summed E-state index contributed by atoms with van der Waals surface area (Å²) in [6.07, 6.45) is 1.13. The van der Waals surface area contributed by atoms with E-state index in [0.29, 0.717) is 5.40 Å². The molecule has 0 saturated carbocycles. The first kappa shape index (κ1) is 27.5. The monoisotopic (exact) mass is 580 g/mol. The molecule has 0 aromatic heterocycles. The fraction of sp³-hybridized carbons (Fsp3) is 0.200. The van der Waals surface area contributed by atoms with Crippen molar-refractivity contribution >= 4 is 48.0 Å². The maximum atomic E-state index is 2.52. The lowest BCUT2D eigenvalue weighted by Gasteiger charge is -2.43. The summed E-state index contributed by atoms with van der Waals surface area (Å²) < 4.78 is 0. The maximum absolute atomic E-state index is 2.52. The quantitative estimate of drug-likeness (QED) is 0.183. The van der Waals surface area contributed by atoms with E-state index >= 15 is 0 Å². The van der Waals surface area contributed by atoms with Crippen molar-refractivity contribution in [2.24, 2.45) is 0 Å². The minimum atomic E-state index is -0.690. The third-order valence-corrected chi connectivity index (χ3v) is 16.6. The number of hydrogen-bond donors (Lipinski definition) is 0. The Labute approximate surface area is 253 Å². The van der Waals surface area contributed by atoms with Crippen molar-refractivity contribution < 1.29 is 0 Å². The highest BCUT2D eigenvalue weighted by atomic mass is 31.2. The first-order chi connectivity index (χ1) is 20.3. The highest BCUT2D eigenvalue weighted by molar-refractivity contribution is 7.84. The second-order valence-corrected chi connectivity index (χ2v) is 18.4. The number of fused-ring (bicyclic) bond motifs is 7. The second-order valence-electron chi connectivity index (χ2n) is 12.7. The van der Waals surface area contributed by atoms with Crippen LogP contribution in [0.4, 0.5) is 0 Å². The van der Waals surface area contributed by atoms with Crippen LogP contribution in [0, 0.1) is 13.8 Å². The summed E-state index contributed by atoms with van der Waals surface area (Å²) in [5, 5.41) is 9.06. The molecule has 208 valence electrons. The van der Waals surface area contributed by atoms with E-state index in [0.717, 1.165) is 6.16 Å². The average Bonchev–Trinajstić information content (AvgIpc) is 3.14. The van der Waals surface area contributed by atoms with Crippen molar-refractivity contribution in [3.8, 4) is 11.1 Å². The Bertz CT molecular complexity index is 1900. The maximum Gasteiger partial charge on any atom is 0.0337 e. The van der Waals surface area contributed by atoms with Gasteiger partial charge in [-0.2, -0.15) is 0 Å². The van der Waals surface area contributed by atoms with Crippen LogP contribution < -0.4 is 10.6 Å². The molecule has 2 heteroatoms. The Hall–Kier alpha value is -3.30. The van der Waals surface area contributed by atoms with Gasteiger partial charge in [0.25, 0.3) is 0 Å². The zero-order valence-electron chi connectivity index (χ0n) is 25.2. The topological polar surface area (TPSA) is 0 Å². The SMILES string of the molecule is Cc1ccccc1P(c1ccccc1C)[C@@H]1c2ccc3ccccc3c2-c2c(ccc3ccccc23)CP1C(C)(C)C. The van der Waals surface area contributed by atoms with Gasteiger partial charge in [-0.15, -0.1) is 0 Å². The molecule has 0 amide bonds. The van der Waals surface area contributed by atoms with Gasteiger partial charge in [-0.3, -0.25) is 0 Å². The molecule has 1 unspecified atom stereocenters. The molecule has 0 nitrogen and oxygen atoms in total. The standard InChI is InChI=1S/C40H38P2/c1-27-14-6-12-20-35(27)42(36-21-13-7-15-28(36)2)39-34-25-24-30-17-9-11-19-33(30)38(34)37-31(26-41(39)40(3,4)5)23-22-29-16-8-10-18-32(29)37/h6-25,39H,26H2,1-5H3/t39-,41?/m1/s1. The van der Waals surface area contributed by atoms with Gasteiger partial charge in [-0.1, -0.05) is 150 Å². The molecule has 1 aliphatic rings. The third kappa shape index (κ3) is 4.61. The van der Waals surface area contributed by atoms with Crippen LogP contribution in [-0.4, -0.2) is 5.16 Å². The van der Waals surface area contributed by atoms with Crippen molar-refractivity contribution in [1.29, 1.82) is 0 Å². The van der Waals surface area contributed by atoms with E-state index in [4.69, 9.17) is 0 Å². The zero-order chi connectivity index (χ0) is 29.0. The lowest BCUT2D eigenvalue weighted by molar-refractivity contribution is 0.775. The summed E-state index contributed by atoms with van der Waals surface area (Å²) >= 11 is 0. The summed E-state index contributed by atoms with van der Waals surface area (Å²) in [5.74, 6) is 0. The van der Waals surface area contributed by atoms with Crippen LogP contribution in [0.25, 0.3) is 32.7 Å². The fourth-order valence-electron chi connectivity index (χ4n) is 6.91. The highest BCUT2D eigenvalue weighted by Gasteiger charge is 2.43. The molecule has 2 atom stereocenters. The fourth-order valence-corrected chi connectivity index (χ4v) is 15.3. The van der Waals surface area contributed by atoms with Crippen molar-refractivity contribution in [2.75, 3.05) is 0 Å². The van der Waals surface area contributed by atoms with Gasteiger partial charge in [0.1, 0.15) is 0 Å². The number of hydrogen-bond acceptors (Lipinski definition) is 0. The number of rotatable bonds is 3. The zero-order valence-corrected chi connectivity index (χ0v) is 27.0. The molecule has 0 radical (unpaired) electrons. The number of benzene rings is 6. The summed E-state index contributed by atoms with van der Waals surface area (Å²) in [4.78, 5) is 0. The molecule has 0 bridgehead atoms. The van der Waals surface area contributed by atoms with Gasteiger partial charge >= 0.3 is 0 Å². The summed E-state index contributed by atoms with van der Waals surface area (Å²) in [6.45, 7) is 12.1. The van der Waals surface area contributed by atoms with E-state index < -0.39 is 15.8 Å². The van der Waals surface area contributed by atoms with Crippen LogP contribution in [-0.2, 0) is 6.16 Å². The van der Waals surface area contributed by atoms with Crippen LogP contribution in [0.5, 0.6) is 0 Å². The van der Waals surface area contributed by atoms with Gasteiger partial charge in [0.15, 0.2) is 0 Å². The summed E-state index contributed by atoms with van der Waals surface area (Å²) in [7, 11) is -1.16. The summed E-state index contributed by atoms with van der Waals surface area (Å²) in [6, 6.07) is 46.3. The minimum absolute atomic E-state index is 0.169. The highest BCUT2D eigenvalue weighted by Crippen LogP contribution is 2.76. The average molecular weight is 581 g/mol. The van der Waals surface area contributed by atoms with Gasteiger partial charge < -0.3 is 0 Å². The molecule has 0 fully saturated rings. The Kier molecular flexibility index (Phi) is 7.05. The van der Waals surface area contributed by atoms with E-state index in [-0.39, 0.29) is 5.16 Å². The second kappa shape index (κ2) is 10.8. The minimum Gasteiger partial charge on any atom is -0.0838 e. The molecule has 1 heterocycles. The third-order valence-electron chi connectivity index (χ3n) is 9.00. The molecule has 1 aliphatic heterocycles. The molecule has 0 N–H and O–H groups in total. The van der Waals surface area contributed by atoms with Crippen molar-refractivity contribution in [2.45, 2.75) is 51.3 Å². The van der Waals surface area contributed by atoms with Crippen molar-refractivity contribution in [1.82, 2.24) is 0 Å². The lowest BCUT2D eigenvalue weighted by atomic mass is 9.88. The van der Waals surface area contributed by atoms with Crippen LogP contribution in [0.15, 0.2) is 121 Å². The Morgan fingerprint density at radius 2 is 1.07 bits per heavy atom. The molecule has 6 aromatic rings. The molecule has 6 aromatic carbocycles. The molecule has 7 rings (SSSR count). The summed E-state index contributed by atoms with van der Waals surface area (Å²) in [5.41, 5.74) is 8.80. The van der Waals surface area contributed by atoms with Crippen LogP contribution >= 0.6 is 15.8 Å². The smallest absolute Gasteiger partial charge is 0.0337 e. The normalized spacial score (nSPS) is 16.8. The van der Waals surface area contributed by atoms with E-state index in [2.05, 4.69) is 156 Å². The Morgan fingerprint density at radius 1 is 0.571 bits per heavy atom. The Balaban J connectivity index is 1.65. The molecular formula is C40H38P2. The van der Waals surface area contributed by atoms with Gasteiger partial charge in [0.05, 0.1) is 0 Å². The largest absolute Gasteiger partial charge is 0.0838 e. The van der Waals surface area contributed by atoms with E-state index in [9.17, 15) is 0 Å². The van der Waals surface area contributed by atoms with Crippen molar-refractivity contribution in [3.63, 3.8) is 0 Å². The predicted molar refractivity (Wildman–Crippen MR) is 189 cm³/mol. The van der Waals surface area contributed by atoms with E-state index in [1.165, 1.54) is 60.0 Å². The number of aryl methyl sites for hydroxylation is 2. The van der Waals surface area contributed by atoms with Gasteiger partial charge in [-0.05, 0) is 98.6 Å². The van der Waals surface area contributed by atoms with E-state index in [1.807, 2.05) is 0 Å². The lowest BCUT2D eigenvalue weighted by Crippen LogP contribution is -2.24. The van der Waals surface area contributed by atoms with Gasteiger partial charge in [0, 0.05) is 5.40 Å². The molecule has 0 spiro atoms. The molecule has 0 saturated heterocycles. The first-order valence-electron chi connectivity index (χ1n) is 15.0. The predicted octanol–water partition coefficient (Wildman–Crippen LogP) is 11.2. The molecule has 0 aliphatic carbocycles. The Morgan fingerprint density at radius 3 is 1.64 bits per heavy atom. The van der Waals surface area contributed by atoms with Gasteiger partial charge in [0.2, 0.25) is 0 Å².